The molecule has 2 N–H and O–H groups in total. The van der Waals surface area contributed by atoms with Crippen molar-refractivity contribution < 1.29 is 23.9 Å². The van der Waals surface area contributed by atoms with Gasteiger partial charge < -0.3 is 20.1 Å². The second-order valence-corrected chi connectivity index (χ2v) is 9.62. The van der Waals surface area contributed by atoms with Gasteiger partial charge in [0.1, 0.15) is 11.7 Å². The zero-order valence-electron chi connectivity index (χ0n) is 19.1. The van der Waals surface area contributed by atoms with E-state index in [2.05, 4.69) is 16.7 Å². The first-order valence-electron chi connectivity index (χ1n) is 10.5. The number of ether oxygens (including phenoxy) is 2. The lowest BCUT2D eigenvalue weighted by atomic mass is 9.78. The van der Waals surface area contributed by atoms with Crippen molar-refractivity contribution in [3.63, 3.8) is 0 Å². The Balaban J connectivity index is 1.91. The minimum Gasteiger partial charge on any atom is -0.492 e. The van der Waals surface area contributed by atoms with Gasteiger partial charge in [-0.05, 0) is 42.8 Å². The number of anilines is 1. The molecule has 1 aliphatic rings. The van der Waals surface area contributed by atoms with E-state index in [0.717, 1.165) is 18.9 Å². The summed E-state index contributed by atoms with van der Waals surface area (Å²) in [5.74, 6) is -3.90. The highest BCUT2D eigenvalue weighted by molar-refractivity contribution is 8.03. The van der Waals surface area contributed by atoms with Gasteiger partial charge in [0.2, 0.25) is 11.8 Å². The van der Waals surface area contributed by atoms with Crippen LogP contribution in [0, 0.1) is 17.2 Å². The van der Waals surface area contributed by atoms with Crippen molar-refractivity contribution in [1.82, 2.24) is 5.32 Å². The number of hydrogen-bond donors (Lipinski definition) is 2. The highest BCUT2D eigenvalue weighted by Crippen LogP contribution is 2.42. The smallest absolute Gasteiger partial charge is 0.319 e. The molecule has 8 nitrogen and oxygen atoms in total. The molecule has 0 radical (unpaired) electrons. The molecular weight excluding hydrogens is 549 g/mol. The van der Waals surface area contributed by atoms with Crippen LogP contribution in [-0.2, 0) is 19.1 Å². The maximum absolute atomic E-state index is 13.0. The quantitative estimate of drug-likeness (QED) is 0.334. The van der Waals surface area contributed by atoms with Crippen LogP contribution in [0.5, 0.6) is 5.75 Å². The molecule has 2 aromatic carbocycles. The molecule has 0 aromatic heterocycles. The van der Waals surface area contributed by atoms with Crippen LogP contribution in [-0.4, -0.2) is 37.3 Å². The summed E-state index contributed by atoms with van der Waals surface area (Å²) in [5.41, 5.74) is 0.978. The molecule has 36 heavy (non-hydrogen) atoms. The van der Waals surface area contributed by atoms with Crippen LogP contribution in [0.4, 0.5) is 5.69 Å². The van der Waals surface area contributed by atoms with Crippen molar-refractivity contribution in [3.05, 3.63) is 67.6 Å². The lowest BCUT2D eigenvalue weighted by Crippen LogP contribution is -2.44. The number of benzene rings is 2. The zero-order valence-corrected chi connectivity index (χ0v) is 22.1. The van der Waals surface area contributed by atoms with Crippen molar-refractivity contribution in [2.75, 3.05) is 24.8 Å². The van der Waals surface area contributed by atoms with E-state index in [1.807, 2.05) is 0 Å². The summed E-state index contributed by atoms with van der Waals surface area (Å²) in [6.07, 6.45) is 0. The van der Waals surface area contributed by atoms with Crippen LogP contribution in [0.25, 0.3) is 0 Å². The van der Waals surface area contributed by atoms with E-state index in [9.17, 15) is 19.6 Å². The van der Waals surface area contributed by atoms with Crippen molar-refractivity contribution in [2.45, 2.75) is 12.8 Å². The number of nitriles is 1. The van der Waals surface area contributed by atoms with E-state index in [1.54, 1.807) is 37.3 Å². The van der Waals surface area contributed by atoms with Crippen LogP contribution in [0.2, 0.25) is 15.1 Å². The normalized spacial score (nSPS) is 17.2. The maximum atomic E-state index is 13.0. The summed E-state index contributed by atoms with van der Waals surface area (Å²) in [5, 5.41) is 16.3. The molecule has 0 fully saturated rings. The fraction of sp³-hybridized carbons (Fsp3) is 0.250. The standard InChI is InChI=1S/C24H20Cl3N3O5S/c1-3-35-18-7-4-12(8-17(18)27)20-14(10-28)23(30-22(32)21(20)24(33)34-2)36-11-19(31)29-13-5-6-15(25)16(26)9-13/h4-9,20-21H,3,11H2,1-2H3,(H,29,31)(H,30,32)/t20-,21+/m0/s1. The summed E-state index contributed by atoms with van der Waals surface area (Å²) in [7, 11) is 1.16. The molecule has 0 aliphatic carbocycles. The lowest BCUT2D eigenvalue weighted by Gasteiger charge is -2.31. The van der Waals surface area contributed by atoms with Gasteiger partial charge in [-0.1, -0.05) is 52.6 Å². The molecule has 2 amide bonds. The molecule has 2 atom stereocenters. The number of methoxy groups -OCH3 is 1. The first-order valence-corrected chi connectivity index (χ1v) is 12.6. The first-order chi connectivity index (χ1) is 17.2. The third-order valence-electron chi connectivity index (χ3n) is 5.15. The van der Waals surface area contributed by atoms with Gasteiger partial charge in [-0.3, -0.25) is 14.4 Å². The Morgan fingerprint density at radius 3 is 2.50 bits per heavy atom. The van der Waals surface area contributed by atoms with Gasteiger partial charge in [-0.25, -0.2) is 0 Å². The maximum Gasteiger partial charge on any atom is 0.319 e. The third-order valence-corrected chi connectivity index (χ3v) is 7.20. The van der Waals surface area contributed by atoms with Gasteiger partial charge in [0.05, 0.1) is 51.2 Å². The number of nitrogens with zero attached hydrogens (tertiary/aromatic N) is 1. The first kappa shape index (κ1) is 27.7. The minimum absolute atomic E-state index is 0.0950. The summed E-state index contributed by atoms with van der Waals surface area (Å²) >= 11 is 19.2. The number of esters is 1. The Kier molecular flexibility index (Phi) is 9.51. The number of carbonyl (C=O) groups is 3. The lowest BCUT2D eigenvalue weighted by molar-refractivity contribution is -0.150. The van der Waals surface area contributed by atoms with E-state index >= 15 is 0 Å². The van der Waals surface area contributed by atoms with Crippen molar-refractivity contribution >= 4 is 70.0 Å². The van der Waals surface area contributed by atoms with Gasteiger partial charge >= 0.3 is 5.97 Å². The van der Waals surface area contributed by atoms with Gasteiger partial charge in [0.25, 0.3) is 0 Å². The summed E-state index contributed by atoms with van der Waals surface area (Å²) in [4.78, 5) is 38.0. The fourth-order valence-corrected chi connectivity index (χ4v) is 4.96. The largest absolute Gasteiger partial charge is 0.492 e. The third kappa shape index (κ3) is 6.26. The Labute approximate surface area is 226 Å². The number of rotatable bonds is 8. The molecule has 0 bridgehead atoms. The fourth-order valence-electron chi connectivity index (χ4n) is 3.57. The zero-order chi connectivity index (χ0) is 26.4. The highest BCUT2D eigenvalue weighted by Gasteiger charge is 2.44. The van der Waals surface area contributed by atoms with Crippen molar-refractivity contribution in [2.24, 2.45) is 5.92 Å². The Morgan fingerprint density at radius 2 is 1.89 bits per heavy atom. The monoisotopic (exact) mass is 567 g/mol. The van der Waals surface area contributed by atoms with Crippen LogP contribution in [0.15, 0.2) is 47.0 Å². The molecule has 1 aliphatic heterocycles. The molecule has 1 heterocycles. The van der Waals surface area contributed by atoms with Crippen molar-refractivity contribution in [1.29, 1.82) is 5.26 Å². The molecule has 0 unspecified atom stereocenters. The van der Waals surface area contributed by atoms with Gasteiger partial charge in [-0.2, -0.15) is 5.26 Å². The summed E-state index contributed by atoms with van der Waals surface area (Å²) in [6, 6.07) is 11.5. The van der Waals surface area contributed by atoms with E-state index in [1.165, 1.54) is 6.07 Å². The van der Waals surface area contributed by atoms with Gasteiger partial charge in [0, 0.05) is 11.6 Å². The minimum atomic E-state index is -1.33. The topological polar surface area (TPSA) is 118 Å². The van der Waals surface area contributed by atoms with E-state index in [0.29, 0.717) is 28.6 Å². The highest BCUT2D eigenvalue weighted by atomic mass is 35.5. The molecule has 2 aromatic rings. The molecule has 0 spiro atoms. The molecular formula is C24H20Cl3N3O5S. The molecule has 3 rings (SSSR count). The van der Waals surface area contributed by atoms with Gasteiger partial charge in [-0.15, -0.1) is 0 Å². The second-order valence-electron chi connectivity index (χ2n) is 7.41. The number of halogens is 3. The molecule has 0 saturated heterocycles. The number of hydrogen-bond acceptors (Lipinski definition) is 7. The van der Waals surface area contributed by atoms with E-state index in [-0.39, 0.29) is 26.4 Å². The van der Waals surface area contributed by atoms with E-state index in [4.69, 9.17) is 44.3 Å². The average Bonchev–Trinajstić information content (AvgIpc) is 2.85. The van der Waals surface area contributed by atoms with Crippen molar-refractivity contribution in [3.8, 4) is 11.8 Å². The number of thioether (sulfide) groups is 1. The predicted molar refractivity (Wildman–Crippen MR) is 139 cm³/mol. The van der Waals surface area contributed by atoms with Crippen LogP contribution >= 0.6 is 46.6 Å². The molecule has 188 valence electrons. The SMILES string of the molecule is CCOc1ccc([C@H]2C(C#N)=C(SCC(=O)Nc3ccc(Cl)c(Cl)c3)NC(=O)[C@@H]2C(=O)OC)cc1Cl. The van der Waals surface area contributed by atoms with E-state index < -0.39 is 29.6 Å². The average molecular weight is 569 g/mol. The number of carbonyl (C=O) groups excluding carboxylic acids is 3. The van der Waals surface area contributed by atoms with Crippen LogP contribution in [0.1, 0.15) is 18.4 Å². The van der Waals surface area contributed by atoms with Gasteiger partial charge in [0.15, 0.2) is 0 Å². The Bertz CT molecular complexity index is 1280. The molecule has 12 heteroatoms. The number of amides is 2. The summed E-state index contributed by atoms with van der Waals surface area (Å²) in [6.45, 7) is 2.20. The number of nitrogens with one attached hydrogen (secondary N) is 2. The Hall–Kier alpha value is -2.90. The number of allylic oxidation sites excluding steroid dienone is 1. The molecule has 0 saturated carbocycles. The van der Waals surface area contributed by atoms with Crippen LogP contribution in [0.3, 0.4) is 0 Å². The Morgan fingerprint density at radius 1 is 1.14 bits per heavy atom. The second kappa shape index (κ2) is 12.4. The van der Waals surface area contributed by atoms with Crippen LogP contribution < -0.4 is 15.4 Å². The summed E-state index contributed by atoms with van der Waals surface area (Å²) < 4.78 is 10.3. The predicted octanol–water partition coefficient (Wildman–Crippen LogP) is 5.16.